The molecule has 0 unspecified atom stereocenters. The Bertz CT molecular complexity index is 560. The number of nitrogens with zero attached hydrogens (tertiary/aromatic N) is 3. The number of aromatic nitrogens is 3. The van der Waals surface area contributed by atoms with Gasteiger partial charge in [0.05, 0.1) is 17.1 Å². The van der Waals surface area contributed by atoms with Gasteiger partial charge in [-0.3, -0.25) is 0 Å². The molecule has 0 spiro atoms. The number of hydrogen-bond acceptors (Lipinski definition) is 3. The van der Waals surface area contributed by atoms with Gasteiger partial charge >= 0.3 is 0 Å². The SMILES string of the molecule is CC(C)Cn1c(CN)nnc1-c1c(F)cccc1Cl. The first-order valence-electron chi connectivity index (χ1n) is 6.11. The molecule has 0 saturated heterocycles. The van der Waals surface area contributed by atoms with E-state index >= 15 is 0 Å². The monoisotopic (exact) mass is 282 g/mol. The van der Waals surface area contributed by atoms with Gasteiger partial charge in [-0.25, -0.2) is 4.39 Å². The van der Waals surface area contributed by atoms with Gasteiger partial charge < -0.3 is 10.3 Å². The fourth-order valence-electron chi connectivity index (χ4n) is 1.94. The Balaban J connectivity index is 2.59. The van der Waals surface area contributed by atoms with Crippen LogP contribution in [0.2, 0.25) is 5.02 Å². The average Bonchev–Trinajstić information content (AvgIpc) is 2.71. The minimum absolute atomic E-state index is 0.256. The third-order valence-corrected chi connectivity index (χ3v) is 3.06. The molecule has 0 aliphatic rings. The normalized spacial score (nSPS) is 11.3. The minimum atomic E-state index is -0.409. The molecule has 0 bridgehead atoms. The molecule has 0 fully saturated rings. The first kappa shape index (κ1) is 14.0. The van der Waals surface area contributed by atoms with Crippen LogP contribution in [0.25, 0.3) is 11.4 Å². The van der Waals surface area contributed by atoms with Crippen molar-refractivity contribution in [3.05, 3.63) is 34.9 Å². The molecular formula is C13H16ClFN4. The Morgan fingerprint density at radius 3 is 2.68 bits per heavy atom. The van der Waals surface area contributed by atoms with E-state index in [0.717, 1.165) is 0 Å². The fraction of sp³-hybridized carbons (Fsp3) is 0.385. The van der Waals surface area contributed by atoms with E-state index in [1.165, 1.54) is 6.07 Å². The smallest absolute Gasteiger partial charge is 0.168 e. The largest absolute Gasteiger partial charge is 0.324 e. The Morgan fingerprint density at radius 2 is 2.11 bits per heavy atom. The molecule has 2 aromatic rings. The highest BCUT2D eigenvalue weighted by Gasteiger charge is 2.19. The van der Waals surface area contributed by atoms with Crippen LogP contribution >= 0.6 is 11.6 Å². The van der Waals surface area contributed by atoms with Crippen LogP contribution in [0.4, 0.5) is 4.39 Å². The molecule has 2 rings (SSSR count). The van der Waals surface area contributed by atoms with Crippen LogP contribution in [0.3, 0.4) is 0 Å². The van der Waals surface area contributed by atoms with Crippen LogP contribution in [0.5, 0.6) is 0 Å². The molecule has 1 heterocycles. The molecule has 1 aromatic carbocycles. The van der Waals surface area contributed by atoms with Crippen LogP contribution in [0, 0.1) is 11.7 Å². The van der Waals surface area contributed by atoms with Crippen LogP contribution in [-0.4, -0.2) is 14.8 Å². The van der Waals surface area contributed by atoms with Crippen LogP contribution in [-0.2, 0) is 13.1 Å². The second-order valence-corrected chi connectivity index (χ2v) is 5.15. The number of nitrogens with two attached hydrogens (primary N) is 1. The molecular weight excluding hydrogens is 267 g/mol. The van der Waals surface area contributed by atoms with Crippen molar-refractivity contribution < 1.29 is 4.39 Å². The first-order chi connectivity index (χ1) is 9.04. The lowest BCUT2D eigenvalue weighted by atomic mass is 10.1. The second-order valence-electron chi connectivity index (χ2n) is 4.75. The molecule has 0 aliphatic carbocycles. The lowest BCUT2D eigenvalue weighted by Crippen LogP contribution is -2.13. The van der Waals surface area contributed by atoms with Gasteiger partial charge in [-0.2, -0.15) is 0 Å². The van der Waals surface area contributed by atoms with Crippen molar-refractivity contribution in [1.82, 2.24) is 14.8 Å². The quantitative estimate of drug-likeness (QED) is 0.938. The van der Waals surface area contributed by atoms with Crippen molar-refractivity contribution in [3.63, 3.8) is 0 Å². The van der Waals surface area contributed by atoms with Gasteiger partial charge in [0.1, 0.15) is 11.6 Å². The van der Waals surface area contributed by atoms with E-state index in [0.29, 0.717) is 29.1 Å². The zero-order valence-electron chi connectivity index (χ0n) is 10.9. The number of hydrogen-bond donors (Lipinski definition) is 1. The van der Waals surface area contributed by atoms with E-state index < -0.39 is 5.82 Å². The summed E-state index contributed by atoms with van der Waals surface area (Å²) in [6.07, 6.45) is 0. The van der Waals surface area contributed by atoms with Gasteiger partial charge in [0, 0.05) is 6.54 Å². The lowest BCUT2D eigenvalue weighted by molar-refractivity contribution is 0.509. The predicted molar refractivity (Wildman–Crippen MR) is 73.2 cm³/mol. The Hall–Kier alpha value is -1.46. The predicted octanol–water partition coefficient (Wildman–Crippen LogP) is 2.85. The summed E-state index contributed by atoms with van der Waals surface area (Å²) in [4.78, 5) is 0. The molecule has 6 heteroatoms. The third kappa shape index (κ3) is 2.77. The summed E-state index contributed by atoms with van der Waals surface area (Å²) >= 11 is 6.07. The first-order valence-corrected chi connectivity index (χ1v) is 6.49. The van der Waals surface area contributed by atoms with Crippen molar-refractivity contribution in [2.45, 2.75) is 26.9 Å². The van der Waals surface area contributed by atoms with E-state index in [9.17, 15) is 4.39 Å². The standard InChI is InChI=1S/C13H16ClFN4/c1-8(2)7-19-11(6-16)17-18-13(19)12-9(14)4-3-5-10(12)15/h3-5,8H,6-7,16H2,1-2H3. The second kappa shape index (κ2) is 5.67. The van der Waals surface area contributed by atoms with E-state index in [-0.39, 0.29) is 12.1 Å². The van der Waals surface area contributed by atoms with Crippen molar-refractivity contribution in [3.8, 4) is 11.4 Å². The van der Waals surface area contributed by atoms with Gasteiger partial charge in [0.2, 0.25) is 0 Å². The molecule has 4 nitrogen and oxygen atoms in total. The summed E-state index contributed by atoms with van der Waals surface area (Å²) in [6.45, 7) is 5.05. The molecule has 0 atom stereocenters. The summed E-state index contributed by atoms with van der Waals surface area (Å²) < 4.78 is 15.8. The Morgan fingerprint density at radius 1 is 1.37 bits per heavy atom. The molecule has 102 valence electrons. The molecule has 19 heavy (non-hydrogen) atoms. The van der Waals surface area contributed by atoms with Crippen LogP contribution < -0.4 is 5.73 Å². The zero-order chi connectivity index (χ0) is 14.0. The van der Waals surface area contributed by atoms with E-state index in [1.807, 2.05) is 4.57 Å². The maximum Gasteiger partial charge on any atom is 0.168 e. The summed E-state index contributed by atoms with van der Waals surface area (Å²) in [5.41, 5.74) is 5.92. The van der Waals surface area contributed by atoms with E-state index in [4.69, 9.17) is 17.3 Å². The van der Waals surface area contributed by atoms with Gasteiger partial charge in [-0.15, -0.1) is 10.2 Å². The Labute approximate surface area is 116 Å². The fourth-order valence-corrected chi connectivity index (χ4v) is 2.19. The molecule has 0 saturated carbocycles. The number of halogens is 2. The summed E-state index contributed by atoms with van der Waals surface area (Å²) in [5, 5.41) is 8.37. The third-order valence-electron chi connectivity index (χ3n) is 2.74. The van der Waals surface area contributed by atoms with Crippen molar-refractivity contribution >= 4 is 11.6 Å². The highest BCUT2D eigenvalue weighted by atomic mass is 35.5. The topological polar surface area (TPSA) is 56.7 Å². The highest BCUT2D eigenvalue weighted by Crippen LogP contribution is 2.30. The maximum absolute atomic E-state index is 14.0. The lowest BCUT2D eigenvalue weighted by Gasteiger charge is -2.13. The van der Waals surface area contributed by atoms with Gasteiger partial charge in [-0.05, 0) is 18.1 Å². The van der Waals surface area contributed by atoms with Crippen molar-refractivity contribution in [1.29, 1.82) is 0 Å². The molecule has 0 aliphatic heterocycles. The summed E-state index contributed by atoms with van der Waals surface area (Å²) in [7, 11) is 0. The van der Waals surface area contributed by atoms with E-state index in [2.05, 4.69) is 24.0 Å². The average molecular weight is 283 g/mol. The highest BCUT2D eigenvalue weighted by molar-refractivity contribution is 6.33. The Kier molecular flexibility index (Phi) is 4.17. The van der Waals surface area contributed by atoms with Gasteiger partial charge in [-0.1, -0.05) is 31.5 Å². The maximum atomic E-state index is 14.0. The van der Waals surface area contributed by atoms with E-state index in [1.54, 1.807) is 12.1 Å². The zero-order valence-corrected chi connectivity index (χ0v) is 11.7. The molecule has 0 radical (unpaired) electrons. The van der Waals surface area contributed by atoms with Crippen molar-refractivity contribution in [2.24, 2.45) is 11.7 Å². The van der Waals surface area contributed by atoms with Gasteiger partial charge in [0.25, 0.3) is 0 Å². The summed E-state index contributed by atoms with van der Waals surface area (Å²) in [6, 6.07) is 4.56. The summed E-state index contributed by atoms with van der Waals surface area (Å²) in [5.74, 6) is 1.01. The van der Waals surface area contributed by atoms with Crippen LogP contribution in [0.1, 0.15) is 19.7 Å². The molecule has 2 N–H and O–H groups in total. The number of benzene rings is 1. The minimum Gasteiger partial charge on any atom is -0.324 e. The number of rotatable bonds is 4. The molecule has 0 amide bonds. The van der Waals surface area contributed by atoms with Gasteiger partial charge in [0.15, 0.2) is 5.82 Å². The van der Waals surface area contributed by atoms with Crippen molar-refractivity contribution in [2.75, 3.05) is 0 Å². The molecule has 1 aromatic heterocycles. The van der Waals surface area contributed by atoms with Crippen LogP contribution in [0.15, 0.2) is 18.2 Å².